The summed E-state index contributed by atoms with van der Waals surface area (Å²) in [7, 11) is 1.54. The number of amides is 1. The van der Waals surface area contributed by atoms with Gasteiger partial charge in [0.25, 0.3) is 0 Å². The number of methoxy groups -OCH3 is 1. The van der Waals surface area contributed by atoms with Gasteiger partial charge >= 0.3 is 0 Å². The maximum absolute atomic E-state index is 12.1. The highest BCUT2D eigenvalue weighted by Crippen LogP contribution is 2.22. The molecule has 9 heteroatoms. The van der Waals surface area contributed by atoms with Gasteiger partial charge < -0.3 is 10.1 Å². The van der Waals surface area contributed by atoms with E-state index in [1.165, 1.54) is 25.1 Å². The Morgan fingerprint density at radius 1 is 1.36 bits per heavy atom. The second kappa shape index (κ2) is 8.00. The molecule has 3 rings (SSSR count). The number of halogens is 1. The molecule has 0 fully saturated rings. The van der Waals surface area contributed by atoms with Crippen LogP contribution >= 0.6 is 23.4 Å². The lowest BCUT2D eigenvalue weighted by Gasteiger charge is -2.07. The van der Waals surface area contributed by atoms with Crippen molar-refractivity contribution in [3.63, 3.8) is 0 Å². The lowest BCUT2D eigenvalue weighted by molar-refractivity contribution is -0.113. The highest BCUT2D eigenvalue weighted by molar-refractivity contribution is 7.99. The molecular weight excluding hydrogens is 362 g/mol. The van der Waals surface area contributed by atoms with Crippen LogP contribution in [0.3, 0.4) is 0 Å². The van der Waals surface area contributed by atoms with E-state index < -0.39 is 0 Å². The molecule has 25 heavy (non-hydrogen) atoms. The zero-order valence-electron chi connectivity index (χ0n) is 13.2. The number of aromatic nitrogens is 4. The highest BCUT2D eigenvalue weighted by atomic mass is 35.5. The van der Waals surface area contributed by atoms with Crippen LogP contribution in [0.2, 0.25) is 5.02 Å². The molecule has 0 atom stereocenters. The van der Waals surface area contributed by atoms with Crippen LogP contribution in [0, 0.1) is 0 Å². The number of nitrogens with one attached hydrogen (secondary N) is 1. The zero-order valence-corrected chi connectivity index (χ0v) is 14.8. The molecule has 0 bridgehead atoms. The second-order valence-electron chi connectivity index (χ2n) is 4.89. The molecule has 0 saturated carbocycles. The van der Waals surface area contributed by atoms with E-state index in [2.05, 4.69) is 20.5 Å². The molecule has 0 aliphatic rings. The molecule has 0 aliphatic heterocycles. The number of benzene rings is 1. The van der Waals surface area contributed by atoms with Crippen molar-refractivity contribution in [3.8, 4) is 11.6 Å². The van der Waals surface area contributed by atoms with E-state index in [-0.39, 0.29) is 11.7 Å². The first kappa shape index (κ1) is 17.2. The number of thioether (sulfide) groups is 1. The second-order valence-corrected chi connectivity index (χ2v) is 6.27. The first-order chi connectivity index (χ1) is 12.2. The molecule has 7 nitrogen and oxygen atoms in total. The van der Waals surface area contributed by atoms with E-state index in [4.69, 9.17) is 16.3 Å². The predicted octanol–water partition coefficient (Wildman–Crippen LogP) is 3.06. The molecule has 3 aromatic rings. The van der Waals surface area contributed by atoms with Gasteiger partial charge in [-0.05, 0) is 24.3 Å². The summed E-state index contributed by atoms with van der Waals surface area (Å²) in [6.07, 6.45) is 3.12. The smallest absolute Gasteiger partial charge is 0.234 e. The number of nitrogens with zero attached hydrogens (tertiary/aromatic N) is 4. The summed E-state index contributed by atoms with van der Waals surface area (Å²) in [5.41, 5.74) is 1.43. The van der Waals surface area contributed by atoms with E-state index >= 15 is 0 Å². The number of carbonyl (C=O) groups is 1. The minimum Gasteiger partial charge on any atom is -0.481 e. The first-order valence-electron chi connectivity index (χ1n) is 7.24. The molecule has 0 saturated heterocycles. The summed E-state index contributed by atoms with van der Waals surface area (Å²) in [4.78, 5) is 16.1. The fraction of sp³-hybridized carbons (Fsp3) is 0.125. The highest BCUT2D eigenvalue weighted by Gasteiger charge is 2.11. The molecule has 1 amide bonds. The maximum atomic E-state index is 12.1. The molecule has 0 unspecified atom stereocenters. The van der Waals surface area contributed by atoms with Gasteiger partial charge in [0.15, 0.2) is 5.16 Å². The lowest BCUT2D eigenvalue weighted by Crippen LogP contribution is -2.14. The summed E-state index contributed by atoms with van der Waals surface area (Å²) in [5, 5.41) is 11.9. The van der Waals surface area contributed by atoms with Gasteiger partial charge in [0, 0.05) is 11.1 Å². The molecule has 128 valence electrons. The molecule has 2 heterocycles. The Balaban J connectivity index is 1.62. The number of anilines is 1. The number of hydrogen-bond acceptors (Lipinski definition) is 6. The average Bonchev–Trinajstić information content (AvgIpc) is 3.09. The molecule has 1 N–H and O–H groups in total. The van der Waals surface area contributed by atoms with E-state index in [1.807, 2.05) is 12.1 Å². The quantitative estimate of drug-likeness (QED) is 0.667. The van der Waals surface area contributed by atoms with Crippen molar-refractivity contribution in [3.05, 3.63) is 53.9 Å². The topological polar surface area (TPSA) is 81.9 Å². The van der Waals surface area contributed by atoms with E-state index in [9.17, 15) is 4.79 Å². The Bertz CT molecular complexity index is 869. The van der Waals surface area contributed by atoms with Crippen LogP contribution < -0.4 is 10.1 Å². The summed E-state index contributed by atoms with van der Waals surface area (Å²) in [6.45, 7) is 0. The van der Waals surface area contributed by atoms with Crippen LogP contribution in [0.4, 0.5) is 5.69 Å². The fourth-order valence-electron chi connectivity index (χ4n) is 2.03. The SMILES string of the molecule is COc1ccc(NC(=O)CSc2nncn2-c2cccc(Cl)c2)cn1. The van der Waals surface area contributed by atoms with Crippen molar-refractivity contribution >= 4 is 35.0 Å². The van der Waals surface area contributed by atoms with E-state index in [0.717, 1.165) is 5.69 Å². The van der Waals surface area contributed by atoms with Gasteiger partial charge in [-0.2, -0.15) is 0 Å². The standard InChI is InChI=1S/C16H14ClN5O2S/c1-24-15-6-5-12(8-18-15)20-14(23)9-25-16-21-19-10-22(16)13-4-2-3-11(17)7-13/h2-8,10H,9H2,1H3,(H,20,23). The van der Waals surface area contributed by atoms with Crippen molar-refractivity contribution in [1.82, 2.24) is 19.7 Å². The van der Waals surface area contributed by atoms with Crippen LogP contribution in [0.1, 0.15) is 0 Å². The van der Waals surface area contributed by atoms with Gasteiger partial charge in [-0.15, -0.1) is 10.2 Å². The summed E-state index contributed by atoms with van der Waals surface area (Å²) in [6, 6.07) is 10.7. The Labute approximate surface area is 153 Å². The summed E-state index contributed by atoms with van der Waals surface area (Å²) < 4.78 is 6.76. The van der Waals surface area contributed by atoms with E-state index in [1.54, 1.807) is 35.2 Å². The molecular formula is C16H14ClN5O2S. The Morgan fingerprint density at radius 2 is 2.24 bits per heavy atom. The Kier molecular flexibility index (Phi) is 5.52. The summed E-state index contributed by atoms with van der Waals surface area (Å²) in [5.74, 6) is 0.505. The third kappa shape index (κ3) is 4.49. The Morgan fingerprint density at radius 3 is 2.96 bits per heavy atom. The van der Waals surface area contributed by atoms with Gasteiger partial charge in [-0.25, -0.2) is 4.98 Å². The van der Waals surface area contributed by atoms with Gasteiger partial charge in [0.2, 0.25) is 11.8 Å². The largest absolute Gasteiger partial charge is 0.481 e. The van der Waals surface area contributed by atoms with Crippen molar-refractivity contribution < 1.29 is 9.53 Å². The number of carbonyl (C=O) groups excluding carboxylic acids is 1. The number of ether oxygens (including phenoxy) is 1. The fourth-order valence-corrected chi connectivity index (χ4v) is 2.94. The maximum Gasteiger partial charge on any atom is 0.234 e. The molecule has 0 aliphatic carbocycles. The average molecular weight is 376 g/mol. The lowest BCUT2D eigenvalue weighted by atomic mass is 10.3. The Hall–Kier alpha value is -2.58. The van der Waals surface area contributed by atoms with Gasteiger partial charge in [0.05, 0.1) is 30.4 Å². The van der Waals surface area contributed by atoms with Crippen LogP contribution in [-0.2, 0) is 4.79 Å². The monoisotopic (exact) mass is 375 g/mol. The number of hydrogen-bond donors (Lipinski definition) is 1. The first-order valence-corrected chi connectivity index (χ1v) is 8.61. The van der Waals surface area contributed by atoms with Crippen LogP contribution in [-0.4, -0.2) is 38.5 Å². The minimum atomic E-state index is -0.169. The molecule has 0 radical (unpaired) electrons. The van der Waals surface area contributed by atoms with Crippen LogP contribution in [0.5, 0.6) is 5.88 Å². The van der Waals surface area contributed by atoms with Crippen LogP contribution in [0.25, 0.3) is 5.69 Å². The minimum absolute atomic E-state index is 0.169. The number of pyridine rings is 1. The van der Waals surface area contributed by atoms with Crippen molar-refractivity contribution in [1.29, 1.82) is 0 Å². The van der Waals surface area contributed by atoms with Gasteiger partial charge in [0.1, 0.15) is 6.33 Å². The van der Waals surface area contributed by atoms with Gasteiger partial charge in [-0.1, -0.05) is 29.4 Å². The van der Waals surface area contributed by atoms with Crippen molar-refractivity contribution in [2.24, 2.45) is 0 Å². The van der Waals surface area contributed by atoms with Crippen molar-refractivity contribution in [2.45, 2.75) is 5.16 Å². The molecule has 0 spiro atoms. The number of rotatable bonds is 6. The summed E-state index contributed by atoms with van der Waals surface area (Å²) >= 11 is 7.29. The zero-order chi connectivity index (χ0) is 17.6. The van der Waals surface area contributed by atoms with Crippen LogP contribution in [0.15, 0.2) is 54.1 Å². The predicted molar refractivity (Wildman–Crippen MR) is 96.5 cm³/mol. The molecule has 2 aromatic heterocycles. The van der Waals surface area contributed by atoms with Gasteiger partial charge in [-0.3, -0.25) is 9.36 Å². The van der Waals surface area contributed by atoms with E-state index in [0.29, 0.717) is 21.7 Å². The van der Waals surface area contributed by atoms with Crippen molar-refractivity contribution in [2.75, 3.05) is 18.2 Å². The molecule has 1 aromatic carbocycles. The normalized spacial score (nSPS) is 10.5. The third-order valence-electron chi connectivity index (χ3n) is 3.16. The third-order valence-corrected chi connectivity index (χ3v) is 4.34.